The van der Waals surface area contributed by atoms with Gasteiger partial charge in [-0.1, -0.05) is 37.5 Å². The van der Waals surface area contributed by atoms with E-state index in [2.05, 4.69) is 5.32 Å². The van der Waals surface area contributed by atoms with Gasteiger partial charge < -0.3 is 11.1 Å². The number of nitrogens with one attached hydrogen (secondary N) is 1. The van der Waals surface area contributed by atoms with Crippen LogP contribution in [0.1, 0.15) is 65.1 Å². The van der Waals surface area contributed by atoms with Gasteiger partial charge in [-0.05, 0) is 60.2 Å². The average molecular weight is 510 g/mol. The second-order valence-corrected chi connectivity index (χ2v) is 9.66. The fourth-order valence-electron chi connectivity index (χ4n) is 4.81. The Morgan fingerprint density at radius 2 is 1.64 bits per heavy atom. The van der Waals surface area contributed by atoms with Crippen LogP contribution in [0.5, 0.6) is 0 Å². The van der Waals surface area contributed by atoms with Gasteiger partial charge in [0.2, 0.25) is 0 Å². The van der Waals surface area contributed by atoms with Gasteiger partial charge in [-0.25, -0.2) is 0 Å². The lowest BCUT2D eigenvalue weighted by Gasteiger charge is -2.30. The highest BCUT2D eigenvalue weighted by Gasteiger charge is 2.36. The number of fused-ring (bicyclic) bond motifs is 1. The molecule has 1 aliphatic rings. The number of pyridine rings is 1. The number of rotatable bonds is 8. The normalized spacial score (nSPS) is 15.8. The molecule has 1 atom stereocenters. The van der Waals surface area contributed by atoms with Crippen molar-refractivity contribution in [1.29, 1.82) is 0 Å². The van der Waals surface area contributed by atoms with Gasteiger partial charge in [0.15, 0.2) is 0 Å². The van der Waals surface area contributed by atoms with E-state index >= 15 is 0 Å². The third-order valence-corrected chi connectivity index (χ3v) is 6.97. The van der Waals surface area contributed by atoms with Crippen molar-refractivity contribution in [3.05, 3.63) is 76.0 Å². The summed E-state index contributed by atoms with van der Waals surface area (Å²) in [7, 11) is 0. The van der Waals surface area contributed by atoms with Gasteiger partial charge in [0, 0.05) is 36.6 Å². The molecule has 1 aromatic heterocycles. The summed E-state index contributed by atoms with van der Waals surface area (Å²) in [5.41, 5.74) is 7.01. The van der Waals surface area contributed by atoms with Crippen LogP contribution in [-0.4, -0.2) is 11.5 Å². The van der Waals surface area contributed by atoms with Crippen LogP contribution >= 0.6 is 0 Å². The molecule has 0 aliphatic heterocycles. The van der Waals surface area contributed by atoms with Crippen molar-refractivity contribution in [1.82, 2.24) is 10.3 Å². The van der Waals surface area contributed by atoms with Crippen LogP contribution in [0.25, 0.3) is 10.9 Å². The minimum atomic E-state index is -4.88. The van der Waals surface area contributed by atoms with E-state index in [4.69, 9.17) is 10.7 Å². The zero-order valence-corrected chi connectivity index (χ0v) is 19.9. The topological polar surface area (TPSA) is 50.9 Å². The summed E-state index contributed by atoms with van der Waals surface area (Å²) in [6.45, 7) is 2.47. The van der Waals surface area contributed by atoms with Gasteiger partial charge in [-0.3, -0.25) is 4.98 Å². The molecular formula is C27H29F6N3. The second-order valence-electron chi connectivity index (χ2n) is 9.66. The number of hydrogen-bond acceptors (Lipinski definition) is 3. The molecule has 0 radical (unpaired) electrons. The Bertz CT molecular complexity index is 1180. The summed E-state index contributed by atoms with van der Waals surface area (Å²) < 4.78 is 79.3. The van der Waals surface area contributed by atoms with Crippen LogP contribution in [-0.2, 0) is 25.4 Å². The van der Waals surface area contributed by atoms with Crippen molar-refractivity contribution in [2.24, 2.45) is 11.7 Å². The lowest BCUT2D eigenvalue weighted by Crippen LogP contribution is -2.24. The Morgan fingerprint density at radius 3 is 2.19 bits per heavy atom. The molecule has 0 amide bonds. The van der Waals surface area contributed by atoms with Crippen molar-refractivity contribution in [2.45, 2.75) is 64.0 Å². The first-order valence-electron chi connectivity index (χ1n) is 12.0. The number of alkyl halides is 6. The Balaban J connectivity index is 1.62. The van der Waals surface area contributed by atoms with Gasteiger partial charge in [0.1, 0.15) is 0 Å². The van der Waals surface area contributed by atoms with E-state index in [1.54, 1.807) is 0 Å². The van der Waals surface area contributed by atoms with Crippen molar-refractivity contribution in [3.8, 4) is 0 Å². The highest BCUT2D eigenvalue weighted by atomic mass is 19.4. The van der Waals surface area contributed by atoms with E-state index < -0.39 is 23.5 Å². The van der Waals surface area contributed by atoms with Crippen molar-refractivity contribution in [2.75, 3.05) is 6.54 Å². The number of halogens is 6. The lowest BCUT2D eigenvalue weighted by molar-refractivity contribution is -0.143. The molecule has 9 heteroatoms. The van der Waals surface area contributed by atoms with Gasteiger partial charge in [0.05, 0.1) is 16.6 Å². The molecule has 1 aliphatic carbocycles. The summed E-state index contributed by atoms with van der Waals surface area (Å²) >= 11 is 0. The summed E-state index contributed by atoms with van der Waals surface area (Å²) in [6.07, 6.45) is -5.31. The fraction of sp³-hybridized carbons (Fsp3) is 0.444. The molecule has 3 nitrogen and oxygen atoms in total. The highest BCUT2D eigenvalue weighted by molar-refractivity contribution is 5.82. The monoisotopic (exact) mass is 509 g/mol. The predicted octanol–water partition coefficient (Wildman–Crippen LogP) is 7.10. The van der Waals surface area contributed by atoms with Crippen LogP contribution in [0.2, 0.25) is 0 Å². The third-order valence-electron chi connectivity index (χ3n) is 6.97. The zero-order valence-electron chi connectivity index (χ0n) is 19.9. The van der Waals surface area contributed by atoms with E-state index in [-0.39, 0.29) is 30.6 Å². The molecule has 0 saturated heterocycles. The highest BCUT2D eigenvalue weighted by Crippen LogP contribution is 2.38. The fourth-order valence-corrected chi connectivity index (χ4v) is 4.81. The molecule has 36 heavy (non-hydrogen) atoms. The molecule has 194 valence electrons. The van der Waals surface area contributed by atoms with Crippen molar-refractivity contribution >= 4 is 10.9 Å². The molecule has 0 spiro atoms. The van der Waals surface area contributed by atoms with Gasteiger partial charge >= 0.3 is 12.4 Å². The Hall–Kier alpha value is -2.65. The maximum Gasteiger partial charge on any atom is 0.416 e. The van der Waals surface area contributed by atoms with E-state index in [0.29, 0.717) is 12.5 Å². The molecule has 3 N–H and O–H groups in total. The summed E-state index contributed by atoms with van der Waals surface area (Å²) in [5.74, 6) is 0.626. The van der Waals surface area contributed by atoms with Gasteiger partial charge in [-0.2, -0.15) is 26.3 Å². The molecular weight excluding hydrogens is 480 g/mol. The molecule has 3 aromatic rings. The number of para-hydroxylation sites is 1. The molecule has 1 unspecified atom stereocenters. The first-order chi connectivity index (χ1) is 17.0. The third kappa shape index (κ3) is 6.00. The van der Waals surface area contributed by atoms with Crippen LogP contribution in [0, 0.1) is 12.8 Å². The summed E-state index contributed by atoms with van der Waals surface area (Å²) in [6, 6.07) is 9.49. The quantitative estimate of drug-likeness (QED) is 0.319. The molecule has 4 rings (SSSR count). The first-order valence-corrected chi connectivity index (χ1v) is 12.0. The van der Waals surface area contributed by atoms with E-state index in [1.165, 1.54) is 6.42 Å². The zero-order chi connectivity index (χ0) is 26.1. The minimum Gasteiger partial charge on any atom is -0.330 e. The Kier molecular flexibility index (Phi) is 7.61. The summed E-state index contributed by atoms with van der Waals surface area (Å²) in [5, 5.41) is 3.96. The van der Waals surface area contributed by atoms with Crippen LogP contribution < -0.4 is 11.1 Å². The largest absolute Gasteiger partial charge is 0.416 e. The molecule has 0 bridgehead atoms. The summed E-state index contributed by atoms with van der Waals surface area (Å²) in [4.78, 5) is 4.96. The van der Waals surface area contributed by atoms with Gasteiger partial charge in [0.25, 0.3) is 0 Å². The van der Waals surface area contributed by atoms with Crippen LogP contribution in [0.15, 0.2) is 42.5 Å². The number of nitrogens with two attached hydrogens (primary N) is 1. The minimum absolute atomic E-state index is 0.0292. The van der Waals surface area contributed by atoms with E-state index in [0.717, 1.165) is 59.1 Å². The first kappa shape index (κ1) is 26.4. The van der Waals surface area contributed by atoms with Crippen molar-refractivity contribution in [3.63, 3.8) is 0 Å². The predicted molar refractivity (Wildman–Crippen MR) is 127 cm³/mol. The Labute approximate surface area is 206 Å². The molecule has 1 fully saturated rings. The standard InChI is InChI=1S/C27H29F6N3/c1-16-4-2-7-19-11-21(25(36-24(16)19)20(13-34)8-17-5-3-6-17)15-35-14-18-9-22(26(28,29)30)12-23(10-18)27(31,32)33/h2,4,7,9-12,17,20,35H,3,5-6,8,13-15,34H2,1H3. The average Bonchev–Trinajstić information content (AvgIpc) is 2.77. The number of aromatic nitrogens is 1. The van der Waals surface area contributed by atoms with Gasteiger partial charge in [-0.15, -0.1) is 0 Å². The number of aryl methyl sites for hydroxylation is 1. The van der Waals surface area contributed by atoms with Crippen molar-refractivity contribution < 1.29 is 26.3 Å². The number of nitrogens with zero attached hydrogens (tertiary/aromatic N) is 1. The molecule has 1 saturated carbocycles. The maximum absolute atomic E-state index is 13.2. The smallest absolute Gasteiger partial charge is 0.330 e. The maximum atomic E-state index is 13.2. The second kappa shape index (κ2) is 10.4. The van der Waals surface area contributed by atoms with E-state index in [1.807, 2.05) is 31.2 Å². The number of benzene rings is 2. The van der Waals surface area contributed by atoms with Crippen LogP contribution in [0.4, 0.5) is 26.3 Å². The van der Waals surface area contributed by atoms with Crippen LogP contribution in [0.3, 0.4) is 0 Å². The SMILES string of the molecule is Cc1cccc2cc(CNCc3cc(C(F)(F)F)cc(C(F)(F)F)c3)c(C(CN)CC3CCC3)nc12. The molecule has 1 heterocycles. The molecule has 2 aromatic carbocycles. The lowest BCUT2D eigenvalue weighted by atomic mass is 9.77. The van der Waals surface area contributed by atoms with E-state index in [9.17, 15) is 26.3 Å². The Morgan fingerprint density at radius 1 is 0.972 bits per heavy atom. The number of hydrogen-bond donors (Lipinski definition) is 2.